The van der Waals surface area contributed by atoms with E-state index in [2.05, 4.69) is 26.1 Å². The van der Waals surface area contributed by atoms with Crippen LogP contribution in [0.25, 0.3) is 0 Å². The molecular weight excluding hydrogens is 294 g/mol. The summed E-state index contributed by atoms with van der Waals surface area (Å²) >= 11 is 0. The van der Waals surface area contributed by atoms with Crippen LogP contribution in [0, 0.1) is 5.92 Å². The standard InChI is InChI=1S/C16H35NO4.C2H6/c1-4-5-7-18-9-11-20-13-14-21-12-10-19-8-6-17-15-16(2)3;1-2/h16-17H,4-15H2,1-3H3;1-2H3. The zero-order valence-corrected chi connectivity index (χ0v) is 16.2. The molecule has 0 aromatic heterocycles. The van der Waals surface area contributed by atoms with Gasteiger partial charge in [0.1, 0.15) is 0 Å². The molecule has 0 unspecified atom stereocenters. The molecule has 142 valence electrons. The largest absolute Gasteiger partial charge is 0.379 e. The molecule has 5 nitrogen and oxygen atoms in total. The molecule has 0 heterocycles. The number of rotatable bonds is 17. The van der Waals surface area contributed by atoms with Gasteiger partial charge >= 0.3 is 0 Å². The van der Waals surface area contributed by atoms with Crippen LogP contribution in [0.15, 0.2) is 0 Å². The van der Waals surface area contributed by atoms with Gasteiger partial charge in [-0.3, -0.25) is 0 Å². The first-order valence-corrected chi connectivity index (χ1v) is 9.29. The highest BCUT2D eigenvalue weighted by atomic mass is 16.6. The number of unbranched alkanes of at least 4 members (excludes halogenated alkanes) is 1. The molecule has 0 aliphatic carbocycles. The summed E-state index contributed by atoms with van der Waals surface area (Å²) in [6, 6.07) is 0. The highest BCUT2D eigenvalue weighted by molar-refractivity contribution is 4.49. The van der Waals surface area contributed by atoms with Crippen LogP contribution >= 0.6 is 0 Å². The van der Waals surface area contributed by atoms with Crippen LogP contribution in [-0.4, -0.2) is 65.9 Å². The Labute approximate surface area is 144 Å². The molecule has 0 aliphatic rings. The molecule has 5 heteroatoms. The monoisotopic (exact) mass is 335 g/mol. The maximum Gasteiger partial charge on any atom is 0.0701 e. The smallest absolute Gasteiger partial charge is 0.0701 e. The lowest BCUT2D eigenvalue weighted by Crippen LogP contribution is -2.24. The van der Waals surface area contributed by atoms with Crippen LogP contribution in [0.5, 0.6) is 0 Å². The molecule has 1 N–H and O–H groups in total. The minimum Gasteiger partial charge on any atom is -0.379 e. The van der Waals surface area contributed by atoms with E-state index in [-0.39, 0.29) is 0 Å². The van der Waals surface area contributed by atoms with Gasteiger partial charge in [-0.25, -0.2) is 0 Å². The van der Waals surface area contributed by atoms with Crippen LogP contribution in [0.3, 0.4) is 0 Å². The summed E-state index contributed by atoms with van der Waals surface area (Å²) in [6.07, 6.45) is 2.29. The van der Waals surface area contributed by atoms with Crippen molar-refractivity contribution in [3.63, 3.8) is 0 Å². The van der Waals surface area contributed by atoms with Crippen LogP contribution in [0.1, 0.15) is 47.5 Å². The fourth-order valence-corrected chi connectivity index (χ4v) is 1.54. The normalized spacial score (nSPS) is 10.7. The van der Waals surface area contributed by atoms with Crippen LogP contribution in [0.4, 0.5) is 0 Å². The van der Waals surface area contributed by atoms with Gasteiger partial charge in [0.15, 0.2) is 0 Å². The minimum absolute atomic E-state index is 0.615. The Morgan fingerprint density at radius 1 is 0.696 bits per heavy atom. The third kappa shape index (κ3) is 27.0. The fraction of sp³-hybridized carbons (Fsp3) is 1.00. The highest BCUT2D eigenvalue weighted by Gasteiger charge is 1.94. The Hall–Kier alpha value is -0.200. The minimum atomic E-state index is 0.615. The van der Waals surface area contributed by atoms with Gasteiger partial charge in [-0.1, -0.05) is 41.0 Å². The van der Waals surface area contributed by atoms with E-state index in [1.807, 2.05) is 13.8 Å². The third-order valence-electron chi connectivity index (χ3n) is 2.73. The van der Waals surface area contributed by atoms with Gasteiger partial charge in [-0.15, -0.1) is 0 Å². The van der Waals surface area contributed by atoms with E-state index < -0.39 is 0 Å². The van der Waals surface area contributed by atoms with Crippen LogP contribution in [0.2, 0.25) is 0 Å². The summed E-state index contributed by atoms with van der Waals surface area (Å²) in [7, 11) is 0. The Kier molecular flexibility index (Phi) is 26.2. The topological polar surface area (TPSA) is 49.0 Å². The molecule has 23 heavy (non-hydrogen) atoms. The van der Waals surface area contributed by atoms with Gasteiger partial charge in [0.25, 0.3) is 0 Å². The summed E-state index contributed by atoms with van der Waals surface area (Å²) in [4.78, 5) is 0. The second kappa shape index (κ2) is 24.1. The van der Waals surface area contributed by atoms with Gasteiger partial charge in [-0.05, 0) is 18.9 Å². The molecule has 0 aromatic carbocycles. The molecule has 0 radical (unpaired) electrons. The quantitative estimate of drug-likeness (QED) is 0.414. The molecule has 0 amide bonds. The van der Waals surface area contributed by atoms with E-state index in [1.54, 1.807) is 0 Å². The van der Waals surface area contributed by atoms with E-state index in [0.717, 1.165) is 32.7 Å². The molecule has 0 aliphatic heterocycles. The second-order valence-electron chi connectivity index (χ2n) is 5.40. The summed E-state index contributed by atoms with van der Waals surface area (Å²) in [5.41, 5.74) is 0. The Morgan fingerprint density at radius 3 is 1.57 bits per heavy atom. The second-order valence-corrected chi connectivity index (χ2v) is 5.40. The van der Waals surface area contributed by atoms with Gasteiger partial charge < -0.3 is 24.3 Å². The SMILES string of the molecule is CC.CCCCOCCOCCOCCOCCNCC(C)C. The lowest BCUT2D eigenvalue weighted by molar-refractivity contribution is -0.00171. The molecule has 0 spiro atoms. The van der Waals surface area contributed by atoms with Crippen LogP contribution < -0.4 is 5.32 Å². The van der Waals surface area contributed by atoms with Crippen LogP contribution in [-0.2, 0) is 18.9 Å². The molecule has 0 bridgehead atoms. The first-order valence-electron chi connectivity index (χ1n) is 9.29. The van der Waals surface area contributed by atoms with Gasteiger partial charge in [0, 0.05) is 13.2 Å². The van der Waals surface area contributed by atoms with E-state index in [9.17, 15) is 0 Å². The van der Waals surface area contributed by atoms with Crippen molar-refractivity contribution in [3.8, 4) is 0 Å². The predicted molar refractivity (Wildman–Crippen MR) is 97.2 cm³/mol. The van der Waals surface area contributed by atoms with E-state index >= 15 is 0 Å². The van der Waals surface area contributed by atoms with Crippen molar-refractivity contribution in [1.82, 2.24) is 5.32 Å². The molecular formula is C18H41NO4. The zero-order chi connectivity index (χ0) is 17.6. The predicted octanol–water partition coefficient (Wildman–Crippen LogP) is 3.12. The highest BCUT2D eigenvalue weighted by Crippen LogP contribution is 1.88. The van der Waals surface area contributed by atoms with Crippen molar-refractivity contribution >= 4 is 0 Å². The number of hydrogen-bond donors (Lipinski definition) is 1. The van der Waals surface area contributed by atoms with Crippen molar-refractivity contribution in [2.24, 2.45) is 5.92 Å². The average molecular weight is 336 g/mol. The molecule has 0 rings (SSSR count). The van der Waals surface area contributed by atoms with Gasteiger partial charge in [0.05, 0.1) is 46.2 Å². The Bertz CT molecular complexity index is 192. The fourth-order valence-electron chi connectivity index (χ4n) is 1.54. The van der Waals surface area contributed by atoms with Crippen molar-refractivity contribution in [3.05, 3.63) is 0 Å². The molecule has 0 saturated heterocycles. The first kappa shape index (κ1) is 25.0. The van der Waals surface area contributed by atoms with E-state index in [0.29, 0.717) is 45.6 Å². The van der Waals surface area contributed by atoms with Gasteiger partial charge in [0.2, 0.25) is 0 Å². The van der Waals surface area contributed by atoms with Crippen molar-refractivity contribution < 1.29 is 18.9 Å². The molecule has 0 aromatic rings. The van der Waals surface area contributed by atoms with E-state index in [4.69, 9.17) is 18.9 Å². The van der Waals surface area contributed by atoms with Crippen molar-refractivity contribution in [2.45, 2.75) is 47.5 Å². The summed E-state index contributed by atoms with van der Waals surface area (Å²) < 4.78 is 21.6. The summed E-state index contributed by atoms with van der Waals surface area (Å²) in [5.74, 6) is 0.686. The lowest BCUT2D eigenvalue weighted by atomic mass is 10.2. The zero-order valence-electron chi connectivity index (χ0n) is 16.2. The maximum atomic E-state index is 5.45. The average Bonchev–Trinajstić information content (AvgIpc) is 2.56. The molecule has 0 saturated carbocycles. The van der Waals surface area contributed by atoms with E-state index in [1.165, 1.54) is 6.42 Å². The van der Waals surface area contributed by atoms with Crippen molar-refractivity contribution in [2.75, 3.05) is 65.9 Å². The maximum absolute atomic E-state index is 5.45. The molecule has 0 atom stereocenters. The Morgan fingerprint density at radius 2 is 1.13 bits per heavy atom. The third-order valence-corrected chi connectivity index (χ3v) is 2.73. The Balaban J connectivity index is 0. The molecule has 0 fully saturated rings. The number of hydrogen-bond acceptors (Lipinski definition) is 5. The number of ether oxygens (including phenoxy) is 4. The van der Waals surface area contributed by atoms with Gasteiger partial charge in [-0.2, -0.15) is 0 Å². The summed E-state index contributed by atoms with van der Waals surface area (Å²) in [5, 5.41) is 3.33. The lowest BCUT2D eigenvalue weighted by Gasteiger charge is -2.09. The van der Waals surface area contributed by atoms with Crippen molar-refractivity contribution in [1.29, 1.82) is 0 Å². The number of nitrogens with one attached hydrogen (secondary N) is 1. The summed E-state index contributed by atoms with van der Waals surface area (Å²) in [6.45, 7) is 17.9. The first-order chi connectivity index (χ1) is 11.3.